The van der Waals surface area contributed by atoms with Crippen LogP contribution in [0.25, 0.3) is 0 Å². The Labute approximate surface area is 157 Å². The van der Waals surface area contributed by atoms with E-state index in [-0.39, 0.29) is 10.6 Å². The van der Waals surface area contributed by atoms with Crippen LogP contribution in [0.1, 0.15) is 6.92 Å². The minimum Gasteiger partial charge on any atom is -0.493 e. The molecule has 0 unspecified atom stereocenters. The predicted octanol–water partition coefficient (Wildman–Crippen LogP) is 2.66. The quantitative estimate of drug-likeness (QED) is 0.747. The second-order valence-corrected chi connectivity index (χ2v) is 7.51. The van der Waals surface area contributed by atoms with Crippen molar-refractivity contribution in [1.29, 1.82) is 0 Å². The standard InChI is InChI=1S/C17H19ClN2O5S/c1-11(17(21)19-13-6-4-12(18)5-7-13)20-26(22,23)14-8-9-15(24-2)16(10-14)25-3/h4-11,20H,1-3H3,(H,19,21)/t11-/m1/s1. The minimum atomic E-state index is -3.93. The summed E-state index contributed by atoms with van der Waals surface area (Å²) in [4.78, 5) is 12.2. The summed E-state index contributed by atoms with van der Waals surface area (Å²) in [6.45, 7) is 1.45. The van der Waals surface area contributed by atoms with Crippen molar-refractivity contribution in [3.05, 3.63) is 47.5 Å². The van der Waals surface area contributed by atoms with Gasteiger partial charge in [-0.1, -0.05) is 11.6 Å². The molecule has 0 bridgehead atoms. The lowest BCUT2D eigenvalue weighted by atomic mass is 10.3. The van der Waals surface area contributed by atoms with Crippen LogP contribution in [0.2, 0.25) is 5.02 Å². The maximum absolute atomic E-state index is 12.5. The van der Waals surface area contributed by atoms with E-state index in [4.69, 9.17) is 21.1 Å². The molecule has 2 aromatic rings. The van der Waals surface area contributed by atoms with E-state index in [1.54, 1.807) is 24.3 Å². The number of carbonyl (C=O) groups excluding carboxylic acids is 1. The molecular formula is C17H19ClN2O5S. The van der Waals surface area contributed by atoms with Crippen LogP contribution in [-0.2, 0) is 14.8 Å². The van der Waals surface area contributed by atoms with Gasteiger partial charge in [-0.25, -0.2) is 8.42 Å². The van der Waals surface area contributed by atoms with Gasteiger partial charge in [0.2, 0.25) is 15.9 Å². The maximum atomic E-state index is 12.5. The molecule has 2 N–H and O–H groups in total. The van der Waals surface area contributed by atoms with Crippen molar-refractivity contribution in [3.8, 4) is 11.5 Å². The van der Waals surface area contributed by atoms with Gasteiger partial charge in [0.15, 0.2) is 11.5 Å². The summed E-state index contributed by atoms with van der Waals surface area (Å²) in [5.74, 6) is 0.171. The van der Waals surface area contributed by atoms with Crippen molar-refractivity contribution in [2.75, 3.05) is 19.5 Å². The zero-order valence-corrected chi connectivity index (χ0v) is 16.0. The lowest BCUT2D eigenvalue weighted by Crippen LogP contribution is -2.41. The SMILES string of the molecule is COc1ccc(S(=O)(=O)N[C@H](C)C(=O)Nc2ccc(Cl)cc2)cc1OC. The largest absolute Gasteiger partial charge is 0.493 e. The summed E-state index contributed by atoms with van der Waals surface area (Å²) >= 11 is 5.79. The lowest BCUT2D eigenvalue weighted by molar-refractivity contribution is -0.117. The molecule has 0 heterocycles. The van der Waals surface area contributed by atoms with Crippen LogP contribution in [0.4, 0.5) is 5.69 Å². The molecule has 0 aliphatic rings. The summed E-state index contributed by atoms with van der Waals surface area (Å²) in [7, 11) is -1.07. The molecule has 140 valence electrons. The number of hydrogen-bond donors (Lipinski definition) is 2. The minimum absolute atomic E-state index is 0.0405. The van der Waals surface area contributed by atoms with Crippen LogP contribution in [0, 0.1) is 0 Å². The van der Waals surface area contributed by atoms with Crippen LogP contribution in [0.15, 0.2) is 47.4 Å². The Balaban J connectivity index is 2.12. The molecule has 1 atom stereocenters. The van der Waals surface area contributed by atoms with Gasteiger partial charge < -0.3 is 14.8 Å². The van der Waals surface area contributed by atoms with Gasteiger partial charge in [0.25, 0.3) is 0 Å². The Kier molecular flexibility index (Phi) is 6.47. The number of benzene rings is 2. The van der Waals surface area contributed by atoms with E-state index in [0.717, 1.165) is 0 Å². The average molecular weight is 399 g/mol. The van der Waals surface area contributed by atoms with Gasteiger partial charge >= 0.3 is 0 Å². The van der Waals surface area contributed by atoms with Gasteiger partial charge in [-0.05, 0) is 43.3 Å². The van der Waals surface area contributed by atoms with Crippen LogP contribution in [0.5, 0.6) is 11.5 Å². The van der Waals surface area contributed by atoms with Crippen molar-refractivity contribution in [3.63, 3.8) is 0 Å². The molecule has 2 aromatic carbocycles. The third-order valence-electron chi connectivity index (χ3n) is 3.50. The zero-order chi connectivity index (χ0) is 19.3. The molecule has 2 rings (SSSR count). The summed E-state index contributed by atoms with van der Waals surface area (Å²) in [6, 6.07) is 9.66. The van der Waals surface area contributed by atoms with Gasteiger partial charge in [-0.2, -0.15) is 4.72 Å². The first kappa shape index (κ1) is 20.0. The van der Waals surface area contributed by atoms with E-state index in [0.29, 0.717) is 16.5 Å². The smallest absolute Gasteiger partial charge is 0.242 e. The molecule has 0 spiro atoms. The number of ether oxygens (including phenoxy) is 2. The van der Waals surface area contributed by atoms with Gasteiger partial charge in [0.05, 0.1) is 25.2 Å². The molecule has 26 heavy (non-hydrogen) atoms. The number of carbonyl (C=O) groups is 1. The third-order valence-corrected chi connectivity index (χ3v) is 5.29. The van der Waals surface area contributed by atoms with Gasteiger partial charge in [0.1, 0.15) is 0 Å². The molecule has 0 aliphatic heterocycles. The molecule has 0 saturated heterocycles. The van der Waals surface area contributed by atoms with Gasteiger partial charge in [-0.3, -0.25) is 4.79 Å². The molecule has 9 heteroatoms. The zero-order valence-electron chi connectivity index (χ0n) is 14.4. The molecule has 1 amide bonds. The number of nitrogens with one attached hydrogen (secondary N) is 2. The molecular weight excluding hydrogens is 380 g/mol. The number of anilines is 1. The average Bonchev–Trinajstić information content (AvgIpc) is 2.62. The van der Waals surface area contributed by atoms with Crippen molar-refractivity contribution in [2.45, 2.75) is 17.9 Å². The van der Waals surface area contributed by atoms with Crippen LogP contribution in [0.3, 0.4) is 0 Å². The van der Waals surface area contributed by atoms with Crippen LogP contribution >= 0.6 is 11.6 Å². The van der Waals surface area contributed by atoms with Gasteiger partial charge in [-0.15, -0.1) is 0 Å². The molecule has 7 nitrogen and oxygen atoms in total. The van der Waals surface area contributed by atoms with Gasteiger partial charge in [0, 0.05) is 16.8 Å². The molecule has 0 saturated carbocycles. The summed E-state index contributed by atoms with van der Waals surface area (Å²) in [5.41, 5.74) is 0.511. The fraction of sp³-hybridized carbons (Fsp3) is 0.235. The molecule has 0 fully saturated rings. The number of hydrogen-bond acceptors (Lipinski definition) is 5. The lowest BCUT2D eigenvalue weighted by Gasteiger charge is -2.15. The number of rotatable bonds is 7. The number of amides is 1. The summed E-state index contributed by atoms with van der Waals surface area (Å²) in [6.07, 6.45) is 0. The number of halogens is 1. The second-order valence-electron chi connectivity index (χ2n) is 5.36. The van der Waals surface area contributed by atoms with E-state index in [1.165, 1.54) is 39.3 Å². The topological polar surface area (TPSA) is 93.7 Å². The Morgan fingerprint density at radius 3 is 2.23 bits per heavy atom. The highest BCUT2D eigenvalue weighted by molar-refractivity contribution is 7.89. The van der Waals surface area contributed by atoms with Crippen molar-refractivity contribution >= 4 is 33.2 Å². The Bertz CT molecular complexity index is 885. The number of sulfonamides is 1. The first-order chi connectivity index (χ1) is 12.3. The fourth-order valence-corrected chi connectivity index (χ4v) is 3.47. The normalized spacial score (nSPS) is 12.3. The highest BCUT2D eigenvalue weighted by Gasteiger charge is 2.23. The first-order valence-electron chi connectivity index (χ1n) is 7.57. The van der Waals surface area contributed by atoms with Crippen molar-refractivity contribution < 1.29 is 22.7 Å². The second kappa shape index (κ2) is 8.39. The van der Waals surface area contributed by atoms with Crippen molar-refractivity contribution in [2.24, 2.45) is 0 Å². The highest BCUT2D eigenvalue weighted by atomic mass is 35.5. The Morgan fingerprint density at radius 1 is 1.04 bits per heavy atom. The third kappa shape index (κ3) is 4.87. The summed E-state index contributed by atoms with van der Waals surface area (Å²) < 4.78 is 37.5. The van der Waals surface area contributed by atoms with E-state index in [2.05, 4.69) is 10.0 Å². The highest BCUT2D eigenvalue weighted by Crippen LogP contribution is 2.29. The number of methoxy groups -OCH3 is 2. The maximum Gasteiger partial charge on any atom is 0.242 e. The Morgan fingerprint density at radius 2 is 1.65 bits per heavy atom. The molecule has 0 aromatic heterocycles. The van der Waals surface area contributed by atoms with E-state index in [9.17, 15) is 13.2 Å². The first-order valence-corrected chi connectivity index (χ1v) is 9.43. The van der Waals surface area contributed by atoms with Crippen LogP contribution in [-0.4, -0.2) is 34.6 Å². The fourth-order valence-electron chi connectivity index (χ4n) is 2.12. The van der Waals surface area contributed by atoms with E-state index < -0.39 is 22.0 Å². The predicted molar refractivity (Wildman–Crippen MR) is 99.4 cm³/mol. The summed E-state index contributed by atoms with van der Waals surface area (Å²) in [5, 5.41) is 3.15. The molecule has 0 radical (unpaired) electrons. The monoisotopic (exact) mass is 398 g/mol. The van der Waals surface area contributed by atoms with Crippen LogP contribution < -0.4 is 19.5 Å². The van der Waals surface area contributed by atoms with E-state index in [1.807, 2.05) is 0 Å². The van der Waals surface area contributed by atoms with Crippen molar-refractivity contribution in [1.82, 2.24) is 4.72 Å². The van der Waals surface area contributed by atoms with E-state index >= 15 is 0 Å². The molecule has 0 aliphatic carbocycles. The Hall–Kier alpha value is -2.29.